The molecule has 1 N–H and O–H groups in total. The van der Waals surface area contributed by atoms with Crippen LogP contribution in [0.4, 0.5) is 5.69 Å². The number of nitrogens with one attached hydrogen (secondary N) is 1. The number of hydrogen-bond donors (Lipinski definition) is 1. The van der Waals surface area contributed by atoms with Crippen molar-refractivity contribution in [2.45, 2.75) is 13.1 Å². The van der Waals surface area contributed by atoms with Gasteiger partial charge in [0.1, 0.15) is 11.6 Å². The molecule has 1 aromatic heterocycles. The molecule has 0 amide bonds. The van der Waals surface area contributed by atoms with Gasteiger partial charge in [0, 0.05) is 52.2 Å². The van der Waals surface area contributed by atoms with E-state index in [1.54, 1.807) is 7.11 Å². The fourth-order valence-electron chi connectivity index (χ4n) is 3.97. The van der Waals surface area contributed by atoms with E-state index < -0.39 is 0 Å². The van der Waals surface area contributed by atoms with E-state index in [1.807, 2.05) is 37.6 Å². The summed E-state index contributed by atoms with van der Waals surface area (Å²) in [6.45, 7) is 5.09. The van der Waals surface area contributed by atoms with Crippen LogP contribution in [-0.4, -0.2) is 60.7 Å². The van der Waals surface area contributed by atoms with Crippen molar-refractivity contribution in [2.75, 3.05) is 45.2 Å². The van der Waals surface area contributed by atoms with Crippen LogP contribution in [0.25, 0.3) is 0 Å². The number of guanidine groups is 1. The van der Waals surface area contributed by atoms with Gasteiger partial charge in [-0.1, -0.05) is 42.5 Å². The van der Waals surface area contributed by atoms with E-state index >= 15 is 0 Å². The average molecular weight is 419 g/mol. The van der Waals surface area contributed by atoms with E-state index in [9.17, 15) is 0 Å². The number of ether oxygens (including phenoxy) is 1. The molecule has 7 heteroatoms. The van der Waals surface area contributed by atoms with Crippen LogP contribution in [-0.2, 0) is 13.1 Å². The van der Waals surface area contributed by atoms with Gasteiger partial charge < -0.3 is 24.4 Å². The molecule has 0 unspecified atom stereocenters. The van der Waals surface area contributed by atoms with Crippen molar-refractivity contribution in [1.82, 2.24) is 19.8 Å². The van der Waals surface area contributed by atoms with Gasteiger partial charge in [0.05, 0.1) is 19.3 Å². The van der Waals surface area contributed by atoms with Crippen LogP contribution >= 0.6 is 0 Å². The van der Waals surface area contributed by atoms with Crippen molar-refractivity contribution in [2.24, 2.45) is 4.99 Å². The molecule has 0 spiro atoms. The van der Waals surface area contributed by atoms with E-state index in [4.69, 9.17) is 4.74 Å². The van der Waals surface area contributed by atoms with Crippen LogP contribution in [0.3, 0.4) is 0 Å². The smallest absolute Gasteiger partial charge is 0.194 e. The highest BCUT2D eigenvalue weighted by Crippen LogP contribution is 2.28. The number of nitrogens with zero attached hydrogens (tertiary/aromatic N) is 5. The van der Waals surface area contributed by atoms with Gasteiger partial charge in [-0.05, 0) is 17.7 Å². The summed E-state index contributed by atoms with van der Waals surface area (Å²) in [5.74, 6) is 2.83. The number of aliphatic imine (C=N–C) groups is 1. The molecule has 3 aromatic rings. The summed E-state index contributed by atoms with van der Waals surface area (Å²) in [6.07, 6.45) is 3.88. The lowest BCUT2D eigenvalue weighted by molar-refractivity contribution is 0.366. The maximum Gasteiger partial charge on any atom is 0.194 e. The van der Waals surface area contributed by atoms with E-state index in [2.05, 4.69) is 66.1 Å². The number of para-hydroxylation sites is 2. The summed E-state index contributed by atoms with van der Waals surface area (Å²) in [5, 5.41) is 3.49. The molecule has 0 atom stereocenters. The van der Waals surface area contributed by atoms with Crippen LogP contribution < -0.4 is 15.0 Å². The second-order valence-corrected chi connectivity index (χ2v) is 7.50. The van der Waals surface area contributed by atoms with Crippen LogP contribution in [0.1, 0.15) is 11.4 Å². The Morgan fingerprint density at radius 1 is 1.03 bits per heavy atom. The second-order valence-electron chi connectivity index (χ2n) is 7.50. The van der Waals surface area contributed by atoms with Crippen LogP contribution in [0.15, 0.2) is 72.0 Å². The molecule has 162 valence electrons. The fraction of sp³-hybridized carbons (Fsp3) is 0.333. The Labute approximate surface area is 184 Å². The van der Waals surface area contributed by atoms with E-state index in [-0.39, 0.29) is 0 Å². The van der Waals surface area contributed by atoms with Gasteiger partial charge in [0.15, 0.2) is 5.96 Å². The molecule has 0 radical (unpaired) electrons. The summed E-state index contributed by atoms with van der Waals surface area (Å²) in [4.78, 5) is 13.7. The van der Waals surface area contributed by atoms with E-state index in [0.717, 1.165) is 55.9 Å². The predicted molar refractivity (Wildman–Crippen MR) is 125 cm³/mol. The van der Waals surface area contributed by atoms with Crippen molar-refractivity contribution in [3.05, 3.63) is 78.4 Å². The van der Waals surface area contributed by atoms with Crippen LogP contribution in [0, 0.1) is 0 Å². The molecule has 2 aromatic carbocycles. The Morgan fingerprint density at radius 2 is 1.77 bits per heavy atom. The second kappa shape index (κ2) is 10.0. The maximum atomic E-state index is 5.53. The Morgan fingerprint density at radius 3 is 2.52 bits per heavy atom. The molecule has 0 saturated carbocycles. The minimum atomic E-state index is 0.638. The predicted octanol–water partition coefficient (Wildman–Crippen LogP) is 2.84. The van der Waals surface area contributed by atoms with Gasteiger partial charge in [-0.15, -0.1) is 0 Å². The third-order valence-electron chi connectivity index (χ3n) is 5.62. The molecular weight excluding hydrogens is 388 g/mol. The number of rotatable bonds is 6. The largest absolute Gasteiger partial charge is 0.495 e. The molecule has 1 aliphatic rings. The monoisotopic (exact) mass is 418 g/mol. The first-order valence-corrected chi connectivity index (χ1v) is 10.7. The zero-order chi connectivity index (χ0) is 21.5. The molecule has 7 nitrogen and oxygen atoms in total. The van der Waals surface area contributed by atoms with Gasteiger partial charge in [-0.2, -0.15) is 0 Å². The standard InChI is InChI=1S/C24H30N6O/c1-25-24(27-18-23-26-12-13-30(23)19-20-8-4-3-5-9-20)29-16-14-28(15-17-29)21-10-6-7-11-22(21)31-2/h3-13H,14-19H2,1-2H3,(H,25,27). The van der Waals surface area contributed by atoms with Crippen molar-refractivity contribution < 1.29 is 4.74 Å². The lowest BCUT2D eigenvalue weighted by atomic mass is 10.2. The summed E-state index contributed by atoms with van der Waals surface area (Å²) < 4.78 is 7.70. The molecular formula is C24H30N6O. The third-order valence-corrected chi connectivity index (χ3v) is 5.62. The van der Waals surface area contributed by atoms with Gasteiger partial charge >= 0.3 is 0 Å². The highest BCUT2D eigenvalue weighted by molar-refractivity contribution is 5.80. The SMILES string of the molecule is CN=C(NCc1nccn1Cc1ccccc1)N1CCN(c2ccccc2OC)CC1. The van der Waals surface area contributed by atoms with Gasteiger partial charge in [-0.3, -0.25) is 4.99 Å². The zero-order valence-electron chi connectivity index (χ0n) is 18.2. The van der Waals surface area contributed by atoms with Crippen molar-refractivity contribution >= 4 is 11.6 Å². The normalized spacial score (nSPS) is 14.6. The van der Waals surface area contributed by atoms with E-state index in [1.165, 1.54) is 5.56 Å². The highest BCUT2D eigenvalue weighted by Gasteiger charge is 2.21. The average Bonchev–Trinajstić information content (AvgIpc) is 3.27. The number of imidazole rings is 1. The number of aromatic nitrogens is 2. The van der Waals surface area contributed by atoms with Crippen LogP contribution in [0.2, 0.25) is 0 Å². The minimum absolute atomic E-state index is 0.638. The third kappa shape index (κ3) is 4.99. The van der Waals surface area contributed by atoms with Crippen molar-refractivity contribution in [1.29, 1.82) is 0 Å². The minimum Gasteiger partial charge on any atom is -0.495 e. The topological polar surface area (TPSA) is 57.9 Å². The highest BCUT2D eigenvalue weighted by atomic mass is 16.5. The fourth-order valence-corrected chi connectivity index (χ4v) is 3.97. The first kappa shape index (κ1) is 20.8. The van der Waals surface area contributed by atoms with Gasteiger partial charge in [0.2, 0.25) is 0 Å². The lowest BCUT2D eigenvalue weighted by Gasteiger charge is -2.38. The number of hydrogen-bond acceptors (Lipinski definition) is 4. The van der Waals surface area contributed by atoms with Crippen molar-refractivity contribution in [3.8, 4) is 5.75 Å². The number of benzene rings is 2. The summed E-state index contributed by atoms with van der Waals surface area (Å²) >= 11 is 0. The van der Waals surface area contributed by atoms with Gasteiger partial charge in [-0.25, -0.2) is 4.98 Å². The summed E-state index contributed by atoms with van der Waals surface area (Å²) in [7, 11) is 3.56. The Kier molecular flexibility index (Phi) is 6.72. The Hall–Kier alpha value is -3.48. The molecule has 1 saturated heterocycles. The molecule has 31 heavy (non-hydrogen) atoms. The molecule has 2 heterocycles. The Bertz CT molecular complexity index is 992. The molecule has 1 fully saturated rings. The molecule has 0 bridgehead atoms. The summed E-state index contributed by atoms with van der Waals surface area (Å²) in [5.41, 5.74) is 2.41. The molecule has 0 aliphatic carbocycles. The zero-order valence-corrected chi connectivity index (χ0v) is 18.2. The van der Waals surface area contributed by atoms with E-state index in [0.29, 0.717) is 6.54 Å². The number of anilines is 1. The Balaban J connectivity index is 1.34. The first-order valence-electron chi connectivity index (χ1n) is 10.7. The quantitative estimate of drug-likeness (QED) is 0.493. The molecule has 1 aliphatic heterocycles. The van der Waals surface area contributed by atoms with Crippen LogP contribution in [0.5, 0.6) is 5.75 Å². The summed E-state index contributed by atoms with van der Waals surface area (Å²) in [6, 6.07) is 18.6. The van der Waals surface area contributed by atoms with Gasteiger partial charge in [0.25, 0.3) is 0 Å². The number of piperazine rings is 1. The maximum absolute atomic E-state index is 5.53. The molecule has 4 rings (SSSR count). The lowest BCUT2D eigenvalue weighted by Crippen LogP contribution is -2.52. The number of methoxy groups -OCH3 is 1. The first-order chi connectivity index (χ1) is 15.3. The van der Waals surface area contributed by atoms with Crippen molar-refractivity contribution in [3.63, 3.8) is 0 Å².